The van der Waals surface area contributed by atoms with Gasteiger partial charge >= 0.3 is 147 Å². The number of anilines is 2. The number of alkyl halides is 6. The number of nitrogens with zero attached hydrogens (tertiary/aromatic N) is 6. The summed E-state index contributed by atoms with van der Waals surface area (Å²) in [5, 5.41) is 15.5. The van der Waals surface area contributed by atoms with Crippen molar-refractivity contribution in [2.75, 3.05) is 25.7 Å². The maximum Gasteiger partial charge on any atom is 0.417 e. The standard InChI is InChI=1S/C12H11F3N4O2.C9H7F3INO2.3C4H9.C3H4N3.Sn/c1-19-10(5-17-18-19)6-3-7(11(20)21-2)9(16)4-8(6)12(13,14)15;1-16-8(15)4-2-6(13)5(3-7(4)14)9(10,11)12;3*1-3-4-2;1-6-3-2-4-5-6;/h3-5H,16H2,1-2H3;2-3H,14H2,1H3;3*1,3-4H2,2H3;2H,1H3;. The fraction of sp³-hybridized carbons (Fsp3) is 0.500. The number of hydrogen-bond acceptors (Lipinski definition) is 10. The van der Waals surface area contributed by atoms with Crippen LogP contribution in [0.4, 0.5) is 37.7 Å². The van der Waals surface area contributed by atoms with Crippen molar-refractivity contribution in [3.05, 3.63) is 62.5 Å². The first-order chi connectivity index (χ1) is 26.2. The number of unbranched alkanes of at least 4 members (excludes halogenated alkanes) is 3. The molecule has 310 valence electrons. The van der Waals surface area contributed by atoms with E-state index in [2.05, 4.69) is 68.8 Å². The van der Waals surface area contributed by atoms with Crippen molar-refractivity contribution in [1.82, 2.24) is 30.0 Å². The second-order valence-corrected chi connectivity index (χ2v) is 27.2. The Labute approximate surface area is 340 Å². The van der Waals surface area contributed by atoms with E-state index in [1.54, 1.807) is 3.71 Å². The number of aryl methyl sites for hydroxylation is 2. The molecule has 0 amide bonds. The number of carbonyl (C=O) groups excluding carboxylic acids is 2. The van der Waals surface area contributed by atoms with Crippen LogP contribution in [0, 0.1) is 3.57 Å². The average molecular weight is 1020 g/mol. The van der Waals surface area contributed by atoms with E-state index in [0.29, 0.717) is 6.07 Å². The molecule has 2 heterocycles. The first-order valence-corrected chi connectivity index (χ1v) is 26.3. The van der Waals surface area contributed by atoms with E-state index in [0.717, 1.165) is 32.4 Å². The number of hydrogen-bond donors (Lipinski definition) is 2. The molecule has 0 aliphatic rings. The molecular formula is C36H49F6IN8O4Sn. The Morgan fingerprint density at radius 2 is 1.14 bits per heavy atom. The summed E-state index contributed by atoms with van der Waals surface area (Å²) in [4.78, 5) is 22.7. The molecule has 0 fully saturated rings. The number of esters is 2. The van der Waals surface area contributed by atoms with Gasteiger partial charge in [-0.1, -0.05) is 5.21 Å². The molecule has 20 heteroatoms. The Bertz CT molecular complexity index is 1880. The summed E-state index contributed by atoms with van der Waals surface area (Å²) in [6.07, 6.45) is 2.30. The van der Waals surface area contributed by atoms with Crippen LogP contribution in [0.3, 0.4) is 0 Å². The van der Waals surface area contributed by atoms with Crippen LogP contribution in [0.25, 0.3) is 11.3 Å². The molecule has 4 N–H and O–H groups in total. The molecule has 0 aliphatic heterocycles. The number of benzene rings is 2. The van der Waals surface area contributed by atoms with Crippen molar-refractivity contribution in [3.8, 4) is 11.3 Å². The van der Waals surface area contributed by atoms with Crippen LogP contribution >= 0.6 is 22.6 Å². The molecule has 0 spiro atoms. The summed E-state index contributed by atoms with van der Waals surface area (Å²) in [5.74, 6) is -1.58. The Hall–Kier alpha value is -3.63. The molecule has 4 aromatic rings. The summed E-state index contributed by atoms with van der Waals surface area (Å²) in [5.41, 5.74) is 8.11. The van der Waals surface area contributed by atoms with Crippen LogP contribution in [0.2, 0.25) is 13.3 Å². The van der Waals surface area contributed by atoms with E-state index in [1.807, 2.05) is 0 Å². The van der Waals surface area contributed by atoms with Crippen molar-refractivity contribution in [2.45, 2.75) is 85.0 Å². The third-order valence-electron chi connectivity index (χ3n) is 9.03. The maximum atomic E-state index is 13.1. The summed E-state index contributed by atoms with van der Waals surface area (Å²) >= 11 is -0.762. The van der Waals surface area contributed by atoms with Crippen LogP contribution in [0.15, 0.2) is 36.7 Å². The Kier molecular flexibility index (Phi) is 18.9. The summed E-state index contributed by atoms with van der Waals surface area (Å²) in [6, 6.07) is 3.52. The number of halogens is 7. The number of nitrogens with two attached hydrogens (primary N) is 2. The fourth-order valence-electron chi connectivity index (χ4n) is 6.05. The minimum Gasteiger partial charge on any atom is -0.465 e. The van der Waals surface area contributed by atoms with Gasteiger partial charge in [0.1, 0.15) is 0 Å². The van der Waals surface area contributed by atoms with Crippen LogP contribution in [-0.2, 0) is 35.9 Å². The zero-order chi connectivity index (χ0) is 42.4. The summed E-state index contributed by atoms with van der Waals surface area (Å²) < 4.78 is 94.9. The van der Waals surface area contributed by atoms with Crippen molar-refractivity contribution in [3.63, 3.8) is 0 Å². The number of aromatic nitrogens is 6. The van der Waals surface area contributed by atoms with Gasteiger partial charge in [-0.25, -0.2) is 14.3 Å². The van der Waals surface area contributed by atoms with Crippen molar-refractivity contribution >= 4 is 68.0 Å². The minimum absolute atomic E-state index is 0.0695. The van der Waals surface area contributed by atoms with E-state index in [9.17, 15) is 35.9 Å². The molecule has 0 aliphatic carbocycles. The van der Waals surface area contributed by atoms with E-state index >= 15 is 0 Å². The van der Waals surface area contributed by atoms with E-state index in [4.69, 9.17) is 11.5 Å². The van der Waals surface area contributed by atoms with Crippen molar-refractivity contribution in [2.24, 2.45) is 14.1 Å². The predicted molar refractivity (Wildman–Crippen MR) is 213 cm³/mol. The van der Waals surface area contributed by atoms with Gasteiger partial charge in [0.2, 0.25) is 0 Å². The number of ether oxygens (including phenoxy) is 2. The van der Waals surface area contributed by atoms with Crippen molar-refractivity contribution in [1.29, 1.82) is 0 Å². The average Bonchev–Trinajstić information content (AvgIpc) is 3.79. The largest absolute Gasteiger partial charge is 0.465 e. The zero-order valence-electron chi connectivity index (χ0n) is 32.4. The molecule has 0 unspecified atom stereocenters. The third kappa shape index (κ3) is 12.9. The Morgan fingerprint density at radius 1 is 0.714 bits per heavy atom. The van der Waals surface area contributed by atoms with E-state index in [1.165, 1.54) is 92.4 Å². The van der Waals surface area contributed by atoms with Gasteiger partial charge in [-0.15, -0.1) is 5.10 Å². The normalized spacial score (nSPS) is 11.6. The van der Waals surface area contributed by atoms with Crippen LogP contribution < -0.4 is 15.2 Å². The van der Waals surface area contributed by atoms with Gasteiger partial charge in [0, 0.05) is 27.6 Å². The van der Waals surface area contributed by atoms with Gasteiger partial charge in [-0.3, -0.25) is 0 Å². The monoisotopic (exact) mass is 1020 g/mol. The van der Waals surface area contributed by atoms with Gasteiger partial charge < -0.3 is 20.9 Å². The van der Waals surface area contributed by atoms with Gasteiger partial charge in [0.05, 0.1) is 48.4 Å². The zero-order valence-corrected chi connectivity index (χ0v) is 37.5. The van der Waals surface area contributed by atoms with Crippen LogP contribution in [0.1, 0.15) is 91.1 Å². The quantitative estimate of drug-likeness (QED) is 0.0437. The number of methoxy groups -OCH3 is 2. The third-order valence-corrected chi connectivity index (χ3v) is 25.5. The summed E-state index contributed by atoms with van der Waals surface area (Å²) in [7, 11) is 5.78. The summed E-state index contributed by atoms with van der Waals surface area (Å²) in [6.45, 7) is 6.95. The minimum atomic E-state index is -4.64. The Morgan fingerprint density at radius 3 is 1.52 bits per heavy atom. The van der Waals surface area contributed by atoms with Crippen LogP contribution in [0.5, 0.6) is 0 Å². The molecule has 0 saturated heterocycles. The fourth-order valence-corrected chi connectivity index (χ4v) is 23.0. The van der Waals surface area contributed by atoms with E-state index < -0.39 is 53.8 Å². The number of rotatable bonds is 13. The van der Waals surface area contributed by atoms with Gasteiger partial charge in [-0.05, 0) is 46.9 Å². The van der Waals surface area contributed by atoms with E-state index in [-0.39, 0.29) is 37.3 Å². The van der Waals surface area contributed by atoms with Crippen LogP contribution in [-0.4, -0.2) is 74.5 Å². The number of carbonyl (C=O) groups is 2. The smallest absolute Gasteiger partial charge is 0.417 e. The van der Waals surface area contributed by atoms with Crippen molar-refractivity contribution < 1.29 is 45.4 Å². The second-order valence-electron chi connectivity index (χ2n) is 13.0. The molecule has 0 atom stereocenters. The second kappa shape index (κ2) is 21.8. The molecule has 56 heavy (non-hydrogen) atoms. The molecule has 0 bridgehead atoms. The SMILES string of the molecule is CCC[CH2][Sn]([CH2]CCC)([CH2]CCC)[c]1cnnn1C.COC(=O)c1cc(-c2cnnn2C)c(C(F)(F)F)cc1N.COC(=O)c1cc(I)c(C(F)(F)F)cc1N. The molecule has 0 saturated carbocycles. The molecule has 2 aromatic heterocycles. The van der Waals surface area contributed by atoms with Gasteiger partial charge in [0.15, 0.2) is 0 Å². The van der Waals surface area contributed by atoms with Gasteiger partial charge in [0.25, 0.3) is 0 Å². The maximum absolute atomic E-state index is 13.1. The molecule has 0 radical (unpaired) electrons. The first kappa shape index (κ1) is 48.5. The molecule has 2 aromatic carbocycles. The Balaban J connectivity index is 0.000000293. The molecular weight excluding hydrogens is 968 g/mol. The molecule has 4 rings (SSSR count). The van der Waals surface area contributed by atoms with Gasteiger partial charge in [-0.2, -0.15) is 26.3 Å². The topological polar surface area (TPSA) is 166 Å². The predicted octanol–water partition coefficient (Wildman–Crippen LogP) is 8.42. The first-order valence-electron chi connectivity index (χ1n) is 17.8. The number of nitrogen functional groups attached to an aromatic ring is 2. The molecule has 12 nitrogen and oxygen atoms in total.